The Morgan fingerprint density at radius 3 is 2.77 bits per heavy atom. The summed E-state index contributed by atoms with van der Waals surface area (Å²) in [7, 11) is 2.11. The number of allylic oxidation sites excluding steroid dienone is 1. The van der Waals surface area contributed by atoms with E-state index in [4.69, 9.17) is 0 Å². The van der Waals surface area contributed by atoms with E-state index in [-0.39, 0.29) is 11.4 Å². The molecule has 26 heavy (non-hydrogen) atoms. The lowest BCUT2D eigenvalue weighted by Crippen LogP contribution is -2.42. The maximum atomic E-state index is 12.0. The number of pyridine rings is 1. The first-order valence-electron chi connectivity index (χ1n) is 8.61. The van der Waals surface area contributed by atoms with E-state index in [1.807, 2.05) is 0 Å². The smallest absolute Gasteiger partial charge is 0.272 e. The quantitative estimate of drug-likeness (QED) is 0.678. The second-order valence-corrected chi connectivity index (χ2v) is 7.21. The van der Waals surface area contributed by atoms with Crippen molar-refractivity contribution in [2.45, 2.75) is 33.2 Å². The topological polar surface area (TPSA) is 57.6 Å². The molecular formula is C21H24N4O. The molecule has 0 atom stereocenters. The van der Waals surface area contributed by atoms with E-state index in [2.05, 4.69) is 73.4 Å². The van der Waals surface area contributed by atoms with Crippen molar-refractivity contribution in [3.8, 4) is 0 Å². The van der Waals surface area contributed by atoms with Gasteiger partial charge in [-0.2, -0.15) is 5.10 Å². The highest BCUT2D eigenvalue weighted by Crippen LogP contribution is 2.38. The van der Waals surface area contributed by atoms with Gasteiger partial charge in [0.15, 0.2) is 0 Å². The van der Waals surface area contributed by atoms with Gasteiger partial charge in [0.1, 0.15) is 0 Å². The standard InChI is InChI=1S/C21H24N4O/c1-14-9-19-18(15(2)11-21(3,4)25(19)5)10-17(14)13-23-24-20(26)16-7-6-8-22-12-16/h6-13H,1-5H3,(H,24,26)/b23-13-. The Bertz CT molecular complexity index is 898. The minimum Gasteiger partial charge on any atom is -0.365 e. The van der Waals surface area contributed by atoms with Gasteiger partial charge < -0.3 is 4.90 Å². The molecule has 0 radical (unpaired) electrons. The molecule has 5 nitrogen and oxygen atoms in total. The summed E-state index contributed by atoms with van der Waals surface area (Å²) in [6, 6.07) is 7.73. The predicted octanol–water partition coefficient (Wildman–Crippen LogP) is 3.79. The number of hydrogen-bond acceptors (Lipinski definition) is 4. The number of aryl methyl sites for hydroxylation is 1. The number of carbonyl (C=O) groups excluding carboxylic acids is 1. The molecule has 1 amide bonds. The van der Waals surface area contributed by atoms with Crippen molar-refractivity contribution in [1.82, 2.24) is 10.4 Å². The van der Waals surface area contributed by atoms with Crippen LogP contribution in [0.1, 0.15) is 47.8 Å². The molecule has 5 heteroatoms. The molecule has 1 aromatic heterocycles. The molecule has 1 aliphatic rings. The summed E-state index contributed by atoms with van der Waals surface area (Å²) in [5, 5.41) is 4.11. The van der Waals surface area contributed by atoms with Crippen LogP contribution in [0.15, 0.2) is 47.8 Å². The fourth-order valence-electron chi connectivity index (χ4n) is 3.18. The van der Waals surface area contributed by atoms with Gasteiger partial charge in [-0.15, -0.1) is 0 Å². The summed E-state index contributed by atoms with van der Waals surface area (Å²) < 4.78 is 0. The Morgan fingerprint density at radius 1 is 1.31 bits per heavy atom. The molecule has 2 aromatic rings. The van der Waals surface area contributed by atoms with Crippen LogP contribution < -0.4 is 10.3 Å². The number of benzene rings is 1. The molecule has 134 valence electrons. The third-order valence-electron chi connectivity index (χ3n) is 4.90. The zero-order valence-electron chi connectivity index (χ0n) is 15.9. The molecular weight excluding hydrogens is 324 g/mol. The van der Waals surface area contributed by atoms with Crippen LogP contribution in [0.5, 0.6) is 0 Å². The fraction of sp³-hybridized carbons (Fsp3) is 0.286. The van der Waals surface area contributed by atoms with Crippen molar-refractivity contribution in [3.05, 3.63) is 65.0 Å². The maximum Gasteiger partial charge on any atom is 0.272 e. The van der Waals surface area contributed by atoms with E-state index in [1.54, 1.807) is 24.5 Å². The lowest BCUT2D eigenvalue weighted by Gasteiger charge is -2.41. The Hall–Kier alpha value is -2.95. The Labute approximate surface area is 154 Å². The first-order chi connectivity index (χ1) is 12.3. The van der Waals surface area contributed by atoms with Gasteiger partial charge in [-0.3, -0.25) is 9.78 Å². The lowest BCUT2D eigenvalue weighted by atomic mass is 9.87. The number of fused-ring (bicyclic) bond motifs is 1. The number of rotatable bonds is 3. The van der Waals surface area contributed by atoms with Crippen LogP contribution >= 0.6 is 0 Å². The first-order valence-corrected chi connectivity index (χ1v) is 8.61. The third kappa shape index (κ3) is 3.38. The number of hydrogen-bond donors (Lipinski definition) is 1. The van der Waals surface area contributed by atoms with Gasteiger partial charge in [0.25, 0.3) is 5.91 Å². The van der Waals surface area contributed by atoms with Gasteiger partial charge in [0, 0.05) is 30.7 Å². The number of anilines is 1. The second-order valence-electron chi connectivity index (χ2n) is 7.21. The molecule has 0 spiro atoms. The van der Waals surface area contributed by atoms with E-state index < -0.39 is 0 Å². The van der Waals surface area contributed by atoms with E-state index in [0.29, 0.717) is 5.56 Å². The van der Waals surface area contributed by atoms with Gasteiger partial charge in [0.05, 0.1) is 17.3 Å². The maximum absolute atomic E-state index is 12.0. The van der Waals surface area contributed by atoms with Crippen LogP contribution in [-0.2, 0) is 0 Å². The largest absolute Gasteiger partial charge is 0.365 e. The van der Waals surface area contributed by atoms with Crippen LogP contribution in [0.4, 0.5) is 5.69 Å². The van der Waals surface area contributed by atoms with Crippen molar-refractivity contribution in [2.75, 3.05) is 11.9 Å². The summed E-state index contributed by atoms with van der Waals surface area (Å²) in [5.41, 5.74) is 8.76. The number of amides is 1. The molecule has 0 aliphatic carbocycles. The highest BCUT2D eigenvalue weighted by molar-refractivity contribution is 5.95. The van der Waals surface area contributed by atoms with Crippen LogP contribution in [-0.4, -0.2) is 29.7 Å². The van der Waals surface area contributed by atoms with Crippen LogP contribution in [0.25, 0.3) is 5.57 Å². The summed E-state index contributed by atoms with van der Waals surface area (Å²) in [6.45, 7) is 8.60. The first kappa shape index (κ1) is 17.9. The monoisotopic (exact) mass is 348 g/mol. The molecule has 0 unspecified atom stereocenters. The molecule has 0 fully saturated rings. The lowest BCUT2D eigenvalue weighted by molar-refractivity contribution is 0.0955. The summed E-state index contributed by atoms with van der Waals surface area (Å²) in [6.07, 6.45) is 7.11. The molecule has 0 bridgehead atoms. The molecule has 3 rings (SSSR count). The summed E-state index contributed by atoms with van der Waals surface area (Å²) >= 11 is 0. The second kappa shape index (κ2) is 6.75. The number of hydrazone groups is 1. The molecule has 1 N–H and O–H groups in total. The van der Waals surface area contributed by atoms with Gasteiger partial charge >= 0.3 is 0 Å². The molecule has 1 aromatic carbocycles. The zero-order chi connectivity index (χ0) is 18.9. The zero-order valence-corrected chi connectivity index (χ0v) is 15.9. The van der Waals surface area contributed by atoms with E-state index in [9.17, 15) is 4.79 Å². The van der Waals surface area contributed by atoms with Gasteiger partial charge in [-0.05, 0) is 68.7 Å². The van der Waals surface area contributed by atoms with Crippen molar-refractivity contribution >= 4 is 23.4 Å². The van der Waals surface area contributed by atoms with E-state index in [1.165, 1.54) is 23.0 Å². The van der Waals surface area contributed by atoms with Crippen molar-refractivity contribution in [3.63, 3.8) is 0 Å². The number of likely N-dealkylation sites (N-methyl/N-ethyl adjacent to an activating group) is 1. The minimum absolute atomic E-state index is 0.0170. The number of aromatic nitrogens is 1. The summed E-state index contributed by atoms with van der Waals surface area (Å²) in [4.78, 5) is 18.3. The van der Waals surface area contributed by atoms with Crippen LogP contribution in [0.2, 0.25) is 0 Å². The van der Waals surface area contributed by atoms with Gasteiger partial charge in [-0.25, -0.2) is 5.43 Å². The number of carbonyl (C=O) groups is 1. The highest BCUT2D eigenvalue weighted by atomic mass is 16.2. The minimum atomic E-state index is -0.275. The Balaban J connectivity index is 1.84. The van der Waals surface area contributed by atoms with Crippen molar-refractivity contribution in [1.29, 1.82) is 0 Å². The van der Waals surface area contributed by atoms with Crippen LogP contribution in [0, 0.1) is 6.92 Å². The number of nitrogens with one attached hydrogen (secondary N) is 1. The Kier molecular flexibility index (Phi) is 4.64. The van der Waals surface area contributed by atoms with E-state index in [0.717, 1.165) is 11.1 Å². The number of nitrogens with zero attached hydrogens (tertiary/aromatic N) is 3. The molecule has 2 heterocycles. The predicted molar refractivity (Wildman–Crippen MR) is 107 cm³/mol. The van der Waals surface area contributed by atoms with E-state index >= 15 is 0 Å². The highest BCUT2D eigenvalue weighted by Gasteiger charge is 2.28. The SMILES string of the molecule is CC1=CC(C)(C)N(C)c2cc(C)c(/C=N\NC(=O)c3cccnc3)cc21. The van der Waals surface area contributed by atoms with Gasteiger partial charge in [0.2, 0.25) is 0 Å². The molecule has 0 saturated carbocycles. The summed E-state index contributed by atoms with van der Waals surface area (Å²) in [5.74, 6) is -0.275. The van der Waals surface area contributed by atoms with Crippen molar-refractivity contribution < 1.29 is 4.79 Å². The van der Waals surface area contributed by atoms with Gasteiger partial charge in [-0.1, -0.05) is 6.08 Å². The van der Waals surface area contributed by atoms with Crippen LogP contribution in [0.3, 0.4) is 0 Å². The van der Waals surface area contributed by atoms with Crippen molar-refractivity contribution in [2.24, 2.45) is 5.10 Å². The Morgan fingerprint density at radius 2 is 2.08 bits per heavy atom. The average molecular weight is 348 g/mol. The molecule has 0 saturated heterocycles. The fourth-order valence-corrected chi connectivity index (χ4v) is 3.18. The average Bonchev–Trinajstić information content (AvgIpc) is 2.61. The molecule has 1 aliphatic heterocycles. The normalized spacial score (nSPS) is 15.6. The third-order valence-corrected chi connectivity index (χ3v) is 4.90.